The zero-order valence-electron chi connectivity index (χ0n) is 19.2. The Bertz CT molecular complexity index is 1420. The van der Waals surface area contributed by atoms with E-state index >= 15 is 0 Å². The fraction of sp³-hybridized carbons (Fsp3) is 0.400. The van der Waals surface area contributed by atoms with Crippen molar-refractivity contribution in [1.82, 2.24) is 14.9 Å². The molecule has 182 valence electrons. The Hall–Kier alpha value is -3.40. The molecule has 1 amide bonds. The Balaban J connectivity index is 1.51. The van der Waals surface area contributed by atoms with Gasteiger partial charge in [-0.15, -0.1) is 0 Å². The van der Waals surface area contributed by atoms with Crippen LogP contribution in [0.1, 0.15) is 36.5 Å². The highest BCUT2D eigenvalue weighted by Crippen LogP contribution is 2.57. The fourth-order valence-electron chi connectivity index (χ4n) is 5.46. The summed E-state index contributed by atoms with van der Waals surface area (Å²) in [5, 5.41) is 2.94. The Morgan fingerprint density at radius 2 is 1.80 bits per heavy atom. The molecule has 3 aromatic rings. The van der Waals surface area contributed by atoms with E-state index in [2.05, 4.69) is 10.3 Å². The van der Waals surface area contributed by atoms with Crippen LogP contribution in [0.2, 0.25) is 0 Å². The molecule has 3 saturated carbocycles. The highest BCUT2D eigenvalue weighted by molar-refractivity contribution is 5.98. The van der Waals surface area contributed by atoms with Crippen LogP contribution in [-0.2, 0) is 4.74 Å². The van der Waals surface area contributed by atoms with E-state index in [1.807, 2.05) is 11.8 Å². The minimum absolute atomic E-state index is 0.0251. The number of aromatic nitrogens is 2. The topological polar surface area (TPSA) is 76.5 Å². The number of nitrogens with zero attached hydrogens (tertiary/aromatic N) is 3. The number of carbonyl (C=O) groups excluding carboxylic acids is 1. The molecule has 0 spiro atoms. The predicted octanol–water partition coefficient (Wildman–Crippen LogP) is 3.31. The van der Waals surface area contributed by atoms with E-state index in [0.717, 1.165) is 30.0 Å². The number of fused-ring (bicyclic) bond motifs is 1. The van der Waals surface area contributed by atoms with Gasteiger partial charge in [0.15, 0.2) is 17.3 Å². The first-order valence-corrected chi connectivity index (χ1v) is 11.4. The standard InChI is InChI=1S/C25H23F3N4O3/c1-24(35-2)11-31(12-24)19-4-3-15-21(33)16(23(34)30-25-7-13(8-25)9-25)10-32(22(15)29-19)20-17(27)5-14(26)6-18(20)28/h3-6,10,13H,7-9,11-12H2,1-2H3,(H,30,34). The molecule has 0 radical (unpaired) electrons. The fourth-order valence-corrected chi connectivity index (χ4v) is 5.46. The van der Waals surface area contributed by atoms with Crippen LogP contribution < -0.4 is 15.6 Å². The maximum atomic E-state index is 14.8. The number of halogens is 3. The lowest BCUT2D eigenvalue weighted by molar-refractivity contribution is -0.0438. The van der Waals surface area contributed by atoms with E-state index in [1.165, 1.54) is 6.07 Å². The molecule has 2 bridgehead atoms. The number of amides is 1. The van der Waals surface area contributed by atoms with Gasteiger partial charge in [-0.05, 0) is 44.2 Å². The zero-order chi connectivity index (χ0) is 24.7. The summed E-state index contributed by atoms with van der Waals surface area (Å²) in [5.74, 6) is -2.95. The van der Waals surface area contributed by atoms with Crippen molar-refractivity contribution in [2.45, 2.75) is 37.3 Å². The van der Waals surface area contributed by atoms with Gasteiger partial charge in [-0.1, -0.05) is 0 Å². The minimum Gasteiger partial charge on any atom is -0.375 e. The summed E-state index contributed by atoms with van der Waals surface area (Å²) in [6, 6.07) is 4.22. The van der Waals surface area contributed by atoms with Crippen LogP contribution in [0, 0.1) is 23.4 Å². The number of methoxy groups -OCH3 is 1. The van der Waals surface area contributed by atoms with E-state index in [-0.39, 0.29) is 27.7 Å². The summed E-state index contributed by atoms with van der Waals surface area (Å²) in [5.41, 5.74) is -2.15. The molecular weight excluding hydrogens is 461 g/mol. The maximum Gasteiger partial charge on any atom is 0.257 e. The van der Waals surface area contributed by atoms with E-state index in [9.17, 15) is 22.8 Å². The number of anilines is 1. The second kappa shape index (κ2) is 7.30. The number of pyridine rings is 2. The number of nitrogens with one attached hydrogen (secondary N) is 1. The van der Waals surface area contributed by atoms with E-state index < -0.39 is 34.5 Å². The van der Waals surface area contributed by atoms with E-state index in [1.54, 1.807) is 13.2 Å². The minimum atomic E-state index is -1.18. The van der Waals surface area contributed by atoms with Gasteiger partial charge >= 0.3 is 0 Å². The van der Waals surface area contributed by atoms with Gasteiger partial charge in [0.25, 0.3) is 5.91 Å². The lowest BCUT2D eigenvalue weighted by atomic mass is 9.50. The first kappa shape index (κ1) is 22.1. The SMILES string of the molecule is COC1(C)CN(c2ccc3c(=O)c(C(=O)NC45CC(C4)C5)cn(-c4c(F)cc(F)cc4F)c3n2)C1. The summed E-state index contributed by atoms with van der Waals surface area (Å²) < 4.78 is 49.8. The number of ether oxygens (including phenoxy) is 1. The van der Waals surface area contributed by atoms with Gasteiger partial charge in [-0.3, -0.25) is 14.2 Å². The number of benzene rings is 1. The number of hydrogen-bond donors (Lipinski definition) is 1. The van der Waals surface area contributed by atoms with Crippen LogP contribution >= 0.6 is 0 Å². The largest absolute Gasteiger partial charge is 0.375 e. The van der Waals surface area contributed by atoms with Crippen LogP contribution in [0.25, 0.3) is 16.7 Å². The zero-order valence-corrected chi connectivity index (χ0v) is 19.2. The summed E-state index contributed by atoms with van der Waals surface area (Å²) in [6.07, 6.45) is 3.69. The van der Waals surface area contributed by atoms with Gasteiger partial charge in [-0.25, -0.2) is 18.2 Å². The van der Waals surface area contributed by atoms with Gasteiger partial charge in [0.05, 0.1) is 11.0 Å². The molecule has 4 fully saturated rings. The molecule has 1 aromatic carbocycles. The van der Waals surface area contributed by atoms with Crippen molar-refractivity contribution in [3.8, 4) is 5.69 Å². The number of carbonyl (C=O) groups is 1. The Morgan fingerprint density at radius 1 is 1.14 bits per heavy atom. The molecule has 7 nitrogen and oxygen atoms in total. The summed E-state index contributed by atoms with van der Waals surface area (Å²) in [7, 11) is 1.61. The Labute approximate surface area is 198 Å². The van der Waals surface area contributed by atoms with Crippen molar-refractivity contribution < 1.29 is 22.7 Å². The summed E-state index contributed by atoms with van der Waals surface area (Å²) >= 11 is 0. The predicted molar refractivity (Wildman–Crippen MR) is 122 cm³/mol. The van der Waals surface area contributed by atoms with Crippen molar-refractivity contribution in [1.29, 1.82) is 0 Å². The molecule has 1 saturated heterocycles. The molecule has 2 aromatic heterocycles. The van der Waals surface area contributed by atoms with Crippen molar-refractivity contribution in [3.05, 3.63) is 63.7 Å². The summed E-state index contributed by atoms with van der Waals surface area (Å²) in [4.78, 5) is 32.8. The molecule has 3 heterocycles. The van der Waals surface area contributed by atoms with Crippen LogP contribution in [0.5, 0.6) is 0 Å². The highest BCUT2D eigenvalue weighted by atomic mass is 19.1. The van der Waals surface area contributed by atoms with Crippen LogP contribution in [-0.4, -0.2) is 46.8 Å². The molecule has 0 atom stereocenters. The first-order chi connectivity index (χ1) is 16.6. The highest BCUT2D eigenvalue weighted by Gasteiger charge is 2.57. The quantitative estimate of drug-likeness (QED) is 0.602. The molecule has 1 aliphatic heterocycles. The lowest BCUT2D eigenvalue weighted by Crippen LogP contribution is -2.68. The number of hydrogen-bond acceptors (Lipinski definition) is 5. The van der Waals surface area contributed by atoms with Crippen molar-refractivity contribution in [2.24, 2.45) is 5.92 Å². The van der Waals surface area contributed by atoms with Gasteiger partial charge in [0.1, 0.15) is 22.9 Å². The second-order valence-electron chi connectivity index (χ2n) is 10.2. The monoisotopic (exact) mass is 484 g/mol. The molecule has 35 heavy (non-hydrogen) atoms. The van der Waals surface area contributed by atoms with E-state index in [0.29, 0.717) is 37.0 Å². The van der Waals surface area contributed by atoms with Crippen molar-refractivity contribution in [2.75, 3.05) is 25.1 Å². The average Bonchev–Trinajstić information content (AvgIpc) is 2.73. The van der Waals surface area contributed by atoms with Crippen LogP contribution in [0.4, 0.5) is 19.0 Å². The maximum absolute atomic E-state index is 14.8. The first-order valence-electron chi connectivity index (χ1n) is 11.4. The third kappa shape index (κ3) is 3.34. The number of rotatable bonds is 5. The van der Waals surface area contributed by atoms with Crippen molar-refractivity contribution in [3.63, 3.8) is 0 Å². The molecule has 10 heteroatoms. The van der Waals surface area contributed by atoms with Crippen molar-refractivity contribution >= 4 is 22.8 Å². The lowest BCUT2D eigenvalue weighted by Gasteiger charge is -2.61. The average molecular weight is 484 g/mol. The van der Waals surface area contributed by atoms with Gasteiger partial charge in [-0.2, -0.15) is 0 Å². The van der Waals surface area contributed by atoms with Gasteiger partial charge in [0, 0.05) is 44.1 Å². The molecule has 0 unspecified atom stereocenters. The van der Waals surface area contributed by atoms with Gasteiger partial charge < -0.3 is 15.0 Å². The smallest absolute Gasteiger partial charge is 0.257 e. The van der Waals surface area contributed by atoms with E-state index in [4.69, 9.17) is 4.74 Å². The van der Waals surface area contributed by atoms with Gasteiger partial charge in [0.2, 0.25) is 5.43 Å². The molecular formula is C25H23F3N4O3. The molecule has 7 rings (SSSR count). The second-order valence-corrected chi connectivity index (χ2v) is 10.2. The van der Waals surface area contributed by atoms with Crippen LogP contribution in [0.15, 0.2) is 35.3 Å². The Morgan fingerprint density at radius 3 is 2.37 bits per heavy atom. The third-order valence-electron chi connectivity index (χ3n) is 7.59. The van der Waals surface area contributed by atoms with Crippen LogP contribution in [0.3, 0.4) is 0 Å². The molecule has 1 N–H and O–H groups in total. The Kier molecular flexibility index (Phi) is 4.61. The molecule has 4 aliphatic rings. The summed E-state index contributed by atoms with van der Waals surface area (Å²) in [6.45, 7) is 3.02. The molecule has 3 aliphatic carbocycles. The third-order valence-corrected chi connectivity index (χ3v) is 7.59. The normalized spacial score (nSPS) is 23.9.